The Kier molecular flexibility index (Phi) is 6.45. The van der Waals surface area contributed by atoms with Gasteiger partial charge < -0.3 is 10.1 Å². The second-order valence-electron chi connectivity index (χ2n) is 7.93. The van der Waals surface area contributed by atoms with E-state index in [1.165, 1.54) is 0 Å². The topological polar surface area (TPSA) is 27.7 Å². The molecule has 0 aromatic rings. The Bertz CT molecular complexity index is 272. The summed E-state index contributed by atoms with van der Waals surface area (Å²) in [5.74, 6) is 0. The Morgan fingerprint density at radius 3 is 1.95 bits per heavy atom. The van der Waals surface area contributed by atoms with Gasteiger partial charge in [-0.2, -0.15) is 0 Å². The minimum atomic E-state index is 0.166. The zero-order valence-electron chi connectivity index (χ0n) is 14.6. The molecule has 1 aliphatic heterocycles. The van der Waals surface area contributed by atoms with E-state index in [-0.39, 0.29) is 11.1 Å². The zero-order chi connectivity index (χ0) is 15.4. The van der Waals surface area contributed by atoms with E-state index in [9.17, 15) is 0 Å². The Morgan fingerprint density at radius 1 is 1.00 bits per heavy atom. The van der Waals surface area contributed by atoms with Crippen LogP contribution < -0.4 is 5.32 Å². The molecule has 0 aromatic carbocycles. The predicted molar refractivity (Wildman–Crippen MR) is 86.3 cm³/mol. The molecule has 0 amide bonds. The summed E-state index contributed by atoms with van der Waals surface area (Å²) in [6, 6.07) is 0.473. The summed E-state index contributed by atoms with van der Waals surface area (Å²) >= 11 is 0. The highest BCUT2D eigenvalue weighted by molar-refractivity contribution is 4.86. The standard InChI is InChI=1S/C16H35N3O/c1-15(2,3)17-12-14(13-20-7)18-8-10-19(11-9-18)16(4,5)6/h14,17H,8-13H2,1-7H3. The molecule has 4 heteroatoms. The number of nitrogens with one attached hydrogen (secondary N) is 1. The van der Waals surface area contributed by atoms with Crippen LogP contribution in [0.3, 0.4) is 0 Å². The quantitative estimate of drug-likeness (QED) is 0.834. The summed E-state index contributed by atoms with van der Waals surface area (Å²) in [5, 5.41) is 3.61. The van der Waals surface area contributed by atoms with E-state index < -0.39 is 0 Å². The number of hydrogen-bond acceptors (Lipinski definition) is 4. The number of methoxy groups -OCH3 is 1. The average Bonchev–Trinajstić information content (AvgIpc) is 2.32. The lowest BCUT2D eigenvalue weighted by molar-refractivity contribution is 0.0174. The number of hydrogen-bond donors (Lipinski definition) is 1. The fraction of sp³-hybridized carbons (Fsp3) is 1.00. The van der Waals surface area contributed by atoms with Crippen LogP contribution in [0.5, 0.6) is 0 Å². The van der Waals surface area contributed by atoms with E-state index in [4.69, 9.17) is 4.74 Å². The van der Waals surface area contributed by atoms with Crippen LogP contribution in [0, 0.1) is 0 Å². The van der Waals surface area contributed by atoms with Crippen LogP contribution in [-0.2, 0) is 4.74 Å². The Morgan fingerprint density at radius 2 is 1.55 bits per heavy atom. The van der Waals surface area contributed by atoms with Gasteiger partial charge in [-0.3, -0.25) is 9.80 Å². The molecule has 0 aromatic heterocycles. The minimum absolute atomic E-state index is 0.166. The molecular formula is C16H35N3O. The Hall–Kier alpha value is -0.160. The van der Waals surface area contributed by atoms with Crippen molar-refractivity contribution in [3.05, 3.63) is 0 Å². The summed E-state index contributed by atoms with van der Waals surface area (Å²) in [5.41, 5.74) is 0.450. The van der Waals surface area contributed by atoms with E-state index >= 15 is 0 Å². The first-order chi connectivity index (χ1) is 9.13. The Labute approximate surface area is 125 Å². The van der Waals surface area contributed by atoms with Crippen molar-refractivity contribution in [3.8, 4) is 0 Å². The molecule has 0 aliphatic carbocycles. The highest BCUT2D eigenvalue weighted by atomic mass is 16.5. The van der Waals surface area contributed by atoms with Crippen LogP contribution >= 0.6 is 0 Å². The highest BCUT2D eigenvalue weighted by Crippen LogP contribution is 2.17. The van der Waals surface area contributed by atoms with Crippen LogP contribution in [0.15, 0.2) is 0 Å². The number of piperazine rings is 1. The number of rotatable bonds is 5. The van der Waals surface area contributed by atoms with Crippen molar-refractivity contribution in [1.82, 2.24) is 15.1 Å². The highest BCUT2D eigenvalue weighted by Gasteiger charge is 2.29. The third-order valence-corrected chi connectivity index (χ3v) is 4.01. The van der Waals surface area contributed by atoms with Crippen LogP contribution in [0.2, 0.25) is 0 Å². The fourth-order valence-corrected chi connectivity index (χ4v) is 2.67. The lowest BCUT2D eigenvalue weighted by Crippen LogP contribution is -2.58. The van der Waals surface area contributed by atoms with E-state index in [0.717, 1.165) is 39.3 Å². The van der Waals surface area contributed by atoms with Crippen molar-refractivity contribution in [2.75, 3.05) is 46.4 Å². The van der Waals surface area contributed by atoms with Gasteiger partial charge in [-0.15, -0.1) is 0 Å². The monoisotopic (exact) mass is 285 g/mol. The molecule has 1 fully saturated rings. The van der Waals surface area contributed by atoms with Gasteiger partial charge in [-0.1, -0.05) is 0 Å². The van der Waals surface area contributed by atoms with Gasteiger partial charge in [0.15, 0.2) is 0 Å². The Balaban J connectivity index is 2.49. The van der Waals surface area contributed by atoms with Crippen molar-refractivity contribution < 1.29 is 4.74 Å². The molecule has 0 bridgehead atoms. The molecular weight excluding hydrogens is 250 g/mol. The maximum absolute atomic E-state index is 5.42. The zero-order valence-corrected chi connectivity index (χ0v) is 14.6. The van der Waals surface area contributed by atoms with Gasteiger partial charge in [-0.05, 0) is 41.5 Å². The van der Waals surface area contributed by atoms with Crippen molar-refractivity contribution >= 4 is 0 Å². The summed E-state index contributed by atoms with van der Waals surface area (Å²) in [6.07, 6.45) is 0. The minimum Gasteiger partial charge on any atom is -0.383 e. The average molecular weight is 285 g/mol. The summed E-state index contributed by atoms with van der Waals surface area (Å²) in [6.45, 7) is 19.9. The normalized spacial score (nSPS) is 21.1. The summed E-state index contributed by atoms with van der Waals surface area (Å²) < 4.78 is 5.42. The third-order valence-electron chi connectivity index (χ3n) is 4.01. The molecule has 4 nitrogen and oxygen atoms in total. The van der Waals surface area contributed by atoms with E-state index in [0.29, 0.717) is 6.04 Å². The van der Waals surface area contributed by atoms with Crippen molar-refractivity contribution in [2.24, 2.45) is 0 Å². The van der Waals surface area contributed by atoms with E-state index in [1.54, 1.807) is 7.11 Å². The van der Waals surface area contributed by atoms with Gasteiger partial charge in [0, 0.05) is 57.0 Å². The molecule has 1 atom stereocenters. The van der Waals surface area contributed by atoms with Gasteiger partial charge in [0.25, 0.3) is 0 Å². The lowest BCUT2D eigenvalue weighted by Gasteiger charge is -2.45. The second-order valence-corrected chi connectivity index (χ2v) is 7.93. The molecule has 1 aliphatic rings. The summed E-state index contributed by atoms with van der Waals surface area (Å²) in [7, 11) is 1.80. The third kappa shape index (κ3) is 6.08. The van der Waals surface area contributed by atoms with Crippen molar-refractivity contribution in [2.45, 2.75) is 58.7 Å². The number of nitrogens with zero attached hydrogens (tertiary/aromatic N) is 2. The molecule has 0 radical (unpaired) electrons. The first-order valence-electron chi connectivity index (χ1n) is 7.86. The molecule has 1 heterocycles. The maximum atomic E-state index is 5.42. The van der Waals surface area contributed by atoms with Gasteiger partial charge in [0.05, 0.1) is 6.61 Å². The van der Waals surface area contributed by atoms with Gasteiger partial charge in [-0.25, -0.2) is 0 Å². The molecule has 1 saturated heterocycles. The van der Waals surface area contributed by atoms with Crippen LogP contribution in [0.4, 0.5) is 0 Å². The second kappa shape index (κ2) is 7.21. The largest absolute Gasteiger partial charge is 0.383 e. The van der Waals surface area contributed by atoms with Crippen LogP contribution in [0.1, 0.15) is 41.5 Å². The van der Waals surface area contributed by atoms with Gasteiger partial charge in [0.1, 0.15) is 0 Å². The molecule has 1 rings (SSSR count). The molecule has 0 spiro atoms. The molecule has 0 saturated carbocycles. The van der Waals surface area contributed by atoms with Gasteiger partial charge in [0.2, 0.25) is 0 Å². The SMILES string of the molecule is COCC(CNC(C)(C)C)N1CCN(C(C)(C)C)CC1. The van der Waals surface area contributed by atoms with Crippen molar-refractivity contribution in [3.63, 3.8) is 0 Å². The van der Waals surface area contributed by atoms with Crippen LogP contribution in [-0.4, -0.2) is 73.4 Å². The molecule has 1 unspecified atom stereocenters. The molecule has 20 heavy (non-hydrogen) atoms. The van der Waals surface area contributed by atoms with Crippen molar-refractivity contribution in [1.29, 1.82) is 0 Å². The first kappa shape index (κ1) is 17.9. The number of ether oxygens (including phenoxy) is 1. The fourth-order valence-electron chi connectivity index (χ4n) is 2.67. The molecule has 1 N–H and O–H groups in total. The van der Waals surface area contributed by atoms with Gasteiger partial charge >= 0.3 is 0 Å². The first-order valence-corrected chi connectivity index (χ1v) is 7.86. The predicted octanol–water partition coefficient (Wildman–Crippen LogP) is 1.81. The molecule has 120 valence electrons. The van der Waals surface area contributed by atoms with E-state index in [1.807, 2.05) is 0 Å². The van der Waals surface area contributed by atoms with Crippen LogP contribution in [0.25, 0.3) is 0 Å². The summed E-state index contributed by atoms with van der Waals surface area (Å²) in [4.78, 5) is 5.15. The smallest absolute Gasteiger partial charge is 0.0630 e. The van der Waals surface area contributed by atoms with E-state index in [2.05, 4.69) is 56.7 Å². The lowest BCUT2D eigenvalue weighted by atomic mass is 10.0. The maximum Gasteiger partial charge on any atom is 0.0630 e.